The first kappa shape index (κ1) is 25.2. The van der Waals surface area contributed by atoms with Crippen LogP contribution in [0.1, 0.15) is 51.4 Å². The average Bonchev–Trinajstić information content (AvgIpc) is 2.76. The number of halogens is 2. The Morgan fingerprint density at radius 2 is 1.18 bits per heavy atom. The molecule has 0 aromatic heterocycles. The fourth-order valence-electron chi connectivity index (χ4n) is 5.01. The van der Waals surface area contributed by atoms with Gasteiger partial charge in [0.15, 0.2) is 0 Å². The van der Waals surface area contributed by atoms with Crippen LogP contribution in [0.2, 0.25) is 0 Å². The van der Waals surface area contributed by atoms with Gasteiger partial charge in [-0.15, -0.1) is 0 Å². The first-order chi connectivity index (χ1) is 13.7. The van der Waals surface area contributed by atoms with E-state index in [0.717, 1.165) is 5.92 Å². The van der Waals surface area contributed by atoms with Crippen LogP contribution in [0, 0.1) is 5.92 Å². The SMILES string of the molecule is CN1CCCN2CCCN(CCCN(CC3CCCCC3)CC2)CC1.[Cl][Mn][Cl]. The Morgan fingerprint density at radius 1 is 0.643 bits per heavy atom. The molecule has 2 atom stereocenters. The molecule has 0 spiro atoms. The van der Waals surface area contributed by atoms with E-state index < -0.39 is 0 Å². The maximum atomic E-state index is 4.80. The van der Waals surface area contributed by atoms with Gasteiger partial charge in [0.1, 0.15) is 0 Å². The van der Waals surface area contributed by atoms with Crippen LogP contribution in [0.5, 0.6) is 0 Å². The van der Waals surface area contributed by atoms with E-state index in [1.807, 2.05) is 0 Å². The Bertz CT molecular complexity index is 385. The molecule has 3 fully saturated rings. The molecular formula is C21H42Cl2MnN4. The van der Waals surface area contributed by atoms with E-state index in [4.69, 9.17) is 20.2 Å². The first-order valence-electron chi connectivity index (χ1n) is 11.4. The molecule has 7 heteroatoms. The van der Waals surface area contributed by atoms with E-state index in [9.17, 15) is 0 Å². The van der Waals surface area contributed by atoms with Crippen LogP contribution in [0.15, 0.2) is 0 Å². The molecule has 2 heterocycles. The minimum absolute atomic E-state index is 0.00694. The third-order valence-electron chi connectivity index (χ3n) is 6.68. The van der Waals surface area contributed by atoms with Crippen molar-refractivity contribution >= 4 is 20.2 Å². The molecule has 1 aliphatic carbocycles. The number of hydrogen-bond donors (Lipinski definition) is 0. The molecule has 28 heavy (non-hydrogen) atoms. The van der Waals surface area contributed by atoms with Gasteiger partial charge in [0, 0.05) is 32.7 Å². The van der Waals surface area contributed by atoms with E-state index in [1.165, 1.54) is 123 Å². The number of rotatable bonds is 2. The Labute approximate surface area is 188 Å². The molecule has 2 saturated heterocycles. The molecule has 4 nitrogen and oxygen atoms in total. The Balaban J connectivity index is 0.000000878. The standard InChI is InChI=1S/C21H42N4.2ClH.Mn/c1-22-10-5-11-24-13-6-12-23(17-16-22)14-7-15-25(19-18-24)20-21-8-3-2-4-9-21;;;/h21H,2-20H2,1H3;2*1H;/q;;;+2/p-2. The molecule has 1 saturated carbocycles. The van der Waals surface area contributed by atoms with E-state index in [0.29, 0.717) is 0 Å². The van der Waals surface area contributed by atoms with Crippen LogP contribution in [0.25, 0.3) is 0 Å². The predicted octanol–water partition coefficient (Wildman–Crippen LogP) is 3.98. The summed E-state index contributed by atoms with van der Waals surface area (Å²) >= 11 is 0.00694. The van der Waals surface area contributed by atoms with Crippen molar-refractivity contribution in [3.63, 3.8) is 0 Å². The Kier molecular flexibility index (Phi) is 14.1. The van der Waals surface area contributed by atoms with E-state index in [-0.39, 0.29) is 13.1 Å². The molecule has 3 aliphatic rings. The second-order valence-corrected chi connectivity index (χ2v) is 10.9. The quantitative estimate of drug-likeness (QED) is 0.559. The van der Waals surface area contributed by atoms with Gasteiger partial charge >= 0.3 is 33.3 Å². The van der Waals surface area contributed by atoms with Crippen molar-refractivity contribution in [1.29, 1.82) is 0 Å². The minimum atomic E-state index is 0.00694. The summed E-state index contributed by atoms with van der Waals surface area (Å²) in [6.45, 7) is 14.2. The summed E-state index contributed by atoms with van der Waals surface area (Å²) in [5, 5.41) is 0. The van der Waals surface area contributed by atoms with Crippen molar-refractivity contribution in [2.75, 3.05) is 79.0 Å². The third-order valence-corrected chi connectivity index (χ3v) is 6.68. The van der Waals surface area contributed by atoms with E-state index in [2.05, 4.69) is 26.6 Å². The van der Waals surface area contributed by atoms with Gasteiger partial charge in [-0.2, -0.15) is 0 Å². The van der Waals surface area contributed by atoms with Crippen molar-refractivity contribution in [2.45, 2.75) is 51.4 Å². The Hall–Kier alpha value is 0.939. The molecule has 2 aliphatic heterocycles. The van der Waals surface area contributed by atoms with Crippen molar-refractivity contribution in [1.82, 2.24) is 19.6 Å². The third kappa shape index (κ3) is 10.8. The van der Waals surface area contributed by atoms with E-state index >= 15 is 0 Å². The summed E-state index contributed by atoms with van der Waals surface area (Å²) in [7, 11) is 11.9. The van der Waals surface area contributed by atoms with Crippen molar-refractivity contribution < 1.29 is 13.1 Å². The van der Waals surface area contributed by atoms with Crippen LogP contribution in [0.3, 0.4) is 0 Å². The zero-order chi connectivity index (χ0) is 20.0. The van der Waals surface area contributed by atoms with Crippen molar-refractivity contribution in [3.8, 4) is 0 Å². The van der Waals surface area contributed by atoms with Gasteiger partial charge in [-0.05, 0) is 84.3 Å². The maximum absolute atomic E-state index is 4.80. The predicted molar refractivity (Wildman–Crippen MR) is 119 cm³/mol. The second-order valence-electron chi connectivity index (χ2n) is 8.91. The van der Waals surface area contributed by atoms with Crippen molar-refractivity contribution in [3.05, 3.63) is 0 Å². The summed E-state index contributed by atoms with van der Waals surface area (Å²) in [4.78, 5) is 10.9. The molecule has 167 valence electrons. The van der Waals surface area contributed by atoms with Crippen LogP contribution in [-0.2, 0) is 13.1 Å². The fourth-order valence-corrected chi connectivity index (χ4v) is 5.01. The zero-order valence-electron chi connectivity index (χ0n) is 17.9. The number of nitrogens with zero attached hydrogens (tertiary/aromatic N) is 4. The molecule has 2 bridgehead atoms. The molecule has 0 amide bonds. The first-order valence-corrected chi connectivity index (χ1v) is 14.7. The van der Waals surface area contributed by atoms with Gasteiger partial charge in [-0.3, -0.25) is 0 Å². The molecule has 0 radical (unpaired) electrons. The summed E-state index contributed by atoms with van der Waals surface area (Å²) < 4.78 is 0. The molecule has 2 unspecified atom stereocenters. The average molecular weight is 476 g/mol. The van der Waals surface area contributed by atoms with Crippen LogP contribution < -0.4 is 0 Å². The van der Waals surface area contributed by atoms with Gasteiger partial charge in [0.2, 0.25) is 0 Å². The van der Waals surface area contributed by atoms with Gasteiger partial charge in [-0.1, -0.05) is 19.3 Å². The summed E-state index contributed by atoms with van der Waals surface area (Å²) in [6.07, 6.45) is 11.4. The monoisotopic (exact) mass is 475 g/mol. The zero-order valence-corrected chi connectivity index (χ0v) is 20.6. The topological polar surface area (TPSA) is 13.0 Å². The van der Waals surface area contributed by atoms with Gasteiger partial charge < -0.3 is 19.6 Å². The summed E-state index contributed by atoms with van der Waals surface area (Å²) in [5.41, 5.74) is 0. The number of hydrogen-bond acceptors (Lipinski definition) is 4. The summed E-state index contributed by atoms with van der Waals surface area (Å²) in [6, 6.07) is 0. The van der Waals surface area contributed by atoms with Crippen LogP contribution in [-0.4, -0.2) is 98.6 Å². The molecule has 0 N–H and O–H groups in total. The Morgan fingerprint density at radius 3 is 1.82 bits per heavy atom. The molecular weight excluding hydrogens is 434 g/mol. The van der Waals surface area contributed by atoms with Crippen molar-refractivity contribution in [2.24, 2.45) is 5.92 Å². The summed E-state index contributed by atoms with van der Waals surface area (Å²) in [5.74, 6) is 0.982. The van der Waals surface area contributed by atoms with Crippen LogP contribution >= 0.6 is 20.2 Å². The number of fused-ring (bicyclic) bond motifs is 4. The van der Waals surface area contributed by atoms with Crippen LogP contribution in [0.4, 0.5) is 0 Å². The van der Waals surface area contributed by atoms with Gasteiger partial charge in [0.05, 0.1) is 0 Å². The molecule has 0 aromatic rings. The van der Waals surface area contributed by atoms with Gasteiger partial charge in [-0.25, -0.2) is 0 Å². The number of likely N-dealkylation sites (N-methyl/N-ethyl adjacent to an activating group) is 1. The molecule has 0 aromatic carbocycles. The van der Waals surface area contributed by atoms with E-state index in [1.54, 1.807) is 0 Å². The second kappa shape index (κ2) is 15.7. The van der Waals surface area contributed by atoms with Gasteiger partial charge in [0.25, 0.3) is 0 Å². The molecule has 3 rings (SSSR count). The normalized spacial score (nSPS) is 30.1. The fraction of sp³-hybridized carbons (Fsp3) is 1.00.